The van der Waals surface area contributed by atoms with Crippen LogP contribution in [0.5, 0.6) is 5.75 Å². The van der Waals surface area contributed by atoms with E-state index < -0.39 is 5.97 Å². The summed E-state index contributed by atoms with van der Waals surface area (Å²) in [5.74, 6) is 0.846. The van der Waals surface area contributed by atoms with Gasteiger partial charge in [-0.1, -0.05) is 24.3 Å². The molecule has 0 aromatic heterocycles. The number of carbonyl (C=O) groups excluding carboxylic acids is 2. The van der Waals surface area contributed by atoms with Crippen molar-refractivity contribution in [1.29, 1.82) is 0 Å². The average molecular weight is 383 g/mol. The van der Waals surface area contributed by atoms with Crippen molar-refractivity contribution < 1.29 is 19.1 Å². The molecule has 0 saturated heterocycles. The van der Waals surface area contributed by atoms with E-state index in [4.69, 9.17) is 9.47 Å². The van der Waals surface area contributed by atoms with E-state index in [2.05, 4.69) is 0 Å². The summed E-state index contributed by atoms with van der Waals surface area (Å²) in [7, 11) is 0. The van der Waals surface area contributed by atoms with Gasteiger partial charge in [-0.25, -0.2) is 4.79 Å². The summed E-state index contributed by atoms with van der Waals surface area (Å²) in [6.45, 7) is 2.87. The molecule has 0 radical (unpaired) electrons. The predicted molar refractivity (Wildman–Crippen MR) is 107 cm³/mol. The van der Waals surface area contributed by atoms with Crippen LogP contribution in [0.1, 0.15) is 12.5 Å². The number of hydrogen-bond acceptors (Lipinski definition) is 5. The maximum atomic E-state index is 12.4. The molecule has 3 rings (SSSR count). The molecule has 0 bridgehead atoms. The summed E-state index contributed by atoms with van der Waals surface area (Å²) in [6, 6.07) is 15.1. The lowest BCUT2D eigenvalue weighted by Gasteiger charge is -2.28. The second-order valence-corrected chi connectivity index (χ2v) is 6.94. The Morgan fingerprint density at radius 2 is 1.93 bits per heavy atom. The standard InChI is InChI=1S/C21H21NO4S/c1-2-25-17-10-7-16(8-11-17)9-12-21(24)26-15-20(23)22-13-14-27-19-6-4-3-5-18(19)22/h3-12H,2,13-15H2,1H3/b12-9+. The number of thioether (sulfide) groups is 1. The van der Waals surface area contributed by atoms with Gasteiger partial charge in [0.05, 0.1) is 12.3 Å². The Morgan fingerprint density at radius 3 is 2.70 bits per heavy atom. The zero-order valence-corrected chi connectivity index (χ0v) is 15.9. The molecule has 2 aromatic rings. The molecule has 0 saturated carbocycles. The molecule has 0 fully saturated rings. The number of para-hydroxylation sites is 1. The monoisotopic (exact) mass is 383 g/mol. The number of esters is 1. The minimum Gasteiger partial charge on any atom is -0.494 e. The van der Waals surface area contributed by atoms with Crippen LogP contribution in [0.15, 0.2) is 59.5 Å². The highest BCUT2D eigenvalue weighted by atomic mass is 32.2. The first-order valence-electron chi connectivity index (χ1n) is 8.77. The summed E-state index contributed by atoms with van der Waals surface area (Å²) in [4.78, 5) is 27.1. The van der Waals surface area contributed by atoms with Crippen molar-refractivity contribution in [2.24, 2.45) is 0 Å². The molecule has 0 spiro atoms. The summed E-state index contributed by atoms with van der Waals surface area (Å²) in [5.41, 5.74) is 1.73. The lowest BCUT2D eigenvalue weighted by Crippen LogP contribution is -2.38. The van der Waals surface area contributed by atoms with E-state index in [1.165, 1.54) is 6.08 Å². The largest absolute Gasteiger partial charge is 0.494 e. The second kappa shape index (κ2) is 9.28. The van der Waals surface area contributed by atoms with Gasteiger partial charge >= 0.3 is 5.97 Å². The fourth-order valence-electron chi connectivity index (χ4n) is 2.69. The lowest BCUT2D eigenvalue weighted by atomic mass is 10.2. The highest BCUT2D eigenvalue weighted by Gasteiger charge is 2.23. The average Bonchev–Trinajstić information content (AvgIpc) is 2.71. The van der Waals surface area contributed by atoms with Crippen molar-refractivity contribution >= 4 is 35.4 Å². The van der Waals surface area contributed by atoms with Crippen LogP contribution in [0.25, 0.3) is 6.08 Å². The fraction of sp³-hybridized carbons (Fsp3) is 0.238. The summed E-state index contributed by atoms with van der Waals surface area (Å²) >= 11 is 1.72. The van der Waals surface area contributed by atoms with Crippen molar-refractivity contribution in [2.75, 3.05) is 30.4 Å². The number of fused-ring (bicyclic) bond motifs is 1. The topological polar surface area (TPSA) is 55.8 Å². The van der Waals surface area contributed by atoms with E-state index >= 15 is 0 Å². The van der Waals surface area contributed by atoms with Crippen molar-refractivity contribution in [2.45, 2.75) is 11.8 Å². The molecule has 140 valence electrons. The third-order valence-electron chi connectivity index (χ3n) is 3.97. The maximum Gasteiger partial charge on any atom is 0.331 e. The molecular formula is C21H21NO4S. The molecule has 0 atom stereocenters. The first-order valence-corrected chi connectivity index (χ1v) is 9.76. The van der Waals surface area contributed by atoms with Crippen LogP contribution in [-0.2, 0) is 14.3 Å². The van der Waals surface area contributed by atoms with Gasteiger partial charge in [-0.2, -0.15) is 0 Å². The fourth-order valence-corrected chi connectivity index (χ4v) is 3.69. The molecule has 1 aliphatic rings. The first kappa shape index (κ1) is 19.0. The van der Waals surface area contributed by atoms with E-state index in [0.29, 0.717) is 13.2 Å². The van der Waals surface area contributed by atoms with Gasteiger partial charge in [-0.05, 0) is 42.8 Å². The van der Waals surface area contributed by atoms with Crippen LogP contribution in [-0.4, -0.2) is 37.4 Å². The van der Waals surface area contributed by atoms with E-state index in [1.807, 2.05) is 55.5 Å². The zero-order chi connectivity index (χ0) is 19.1. The number of nitrogens with zero attached hydrogens (tertiary/aromatic N) is 1. The van der Waals surface area contributed by atoms with Crippen molar-refractivity contribution in [3.8, 4) is 5.75 Å². The van der Waals surface area contributed by atoms with Crippen molar-refractivity contribution in [3.63, 3.8) is 0 Å². The van der Waals surface area contributed by atoms with Crippen LogP contribution in [0.2, 0.25) is 0 Å². The van der Waals surface area contributed by atoms with Gasteiger partial charge in [0.1, 0.15) is 5.75 Å². The highest BCUT2D eigenvalue weighted by molar-refractivity contribution is 7.99. The number of carbonyl (C=O) groups is 2. The number of anilines is 1. The van der Waals surface area contributed by atoms with Gasteiger partial charge in [0.15, 0.2) is 6.61 Å². The maximum absolute atomic E-state index is 12.4. The normalized spacial score (nSPS) is 13.3. The van der Waals surface area contributed by atoms with Gasteiger partial charge in [0.25, 0.3) is 5.91 Å². The number of ether oxygens (including phenoxy) is 2. The van der Waals surface area contributed by atoms with Crippen LogP contribution in [0.4, 0.5) is 5.69 Å². The summed E-state index contributed by atoms with van der Waals surface area (Å²) < 4.78 is 10.5. The molecular weight excluding hydrogens is 362 g/mol. The van der Waals surface area contributed by atoms with Crippen LogP contribution in [0.3, 0.4) is 0 Å². The van der Waals surface area contributed by atoms with E-state index in [0.717, 1.165) is 27.6 Å². The highest BCUT2D eigenvalue weighted by Crippen LogP contribution is 2.34. The molecule has 2 aromatic carbocycles. The van der Waals surface area contributed by atoms with Gasteiger partial charge in [0.2, 0.25) is 0 Å². The van der Waals surface area contributed by atoms with Gasteiger partial charge in [-0.15, -0.1) is 11.8 Å². The van der Waals surface area contributed by atoms with E-state index in [9.17, 15) is 9.59 Å². The summed E-state index contributed by atoms with van der Waals surface area (Å²) in [5, 5.41) is 0. The van der Waals surface area contributed by atoms with E-state index in [-0.39, 0.29) is 12.5 Å². The molecule has 1 amide bonds. The molecule has 6 heteroatoms. The number of rotatable bonds is 6. The number of amides is 1. The molecule has 0 N–H and O–H groups in total. The Kier molecular flexibility index (Phi) is 6.54. The van der Waals surface area contributed by atoms with Crippen LogP contribution < -0.4 is 9.64 Å². The first-order chi connectivity index (χ1) is 13.2. The number of hydrogen-bond donors (Lipinski definition) is 0. The molecule has 1 heterocycles. The molecule has 1 aliphatic heterocycles. The van der Waals surface area contributed by atoms with Crippen molar-refractivity contribution in [1.82, 2.24) is 0 Å². The van der Waals surface area contributed by atoms with Crippen LogP contribution in [0, 0.1) is 0 Å². The molecule has 0 aliphatic carbocycles. The Balaban J connectivity index is 1.52. The minimum atomic E-state index is -0.545. The second-order valence-electron chi connectivity index (χ2n) is 5.80. The third kappa shape index (κ3) is 5.14. The molecule has 5 nitrogen and oxygen atoms in total. The summed E-state index contributed by atoms with van der Waals surface area (Å²) in [6.07, 6.45) is 2.97. The Labute approximate surface area is 163 Å². The quantitative estimate of drug-likeness (QED) is 0.561. The van der Waals surface area contributed by atoms with Crippen LogP contribution >= 0.6 is 11.8 Å². The lowest BCUT2D eigenvalue weighted by molar-refractivity contribution is -0.142. The molecule has 27 heavy (non-hydrogen) atoms. The van der Waals surface area contributed by atoms with E-state index in [1.54, 1.807) is 22.7 Å². The SMILES string of the molecule is CCOc1ccc(/C=C/C(=O)OCC(=O)N2CCSc3ccccc32)cc1. The smallest absolute Gasteiger partial charge is 0.331 e. The number of benzene rings is 2. The zero-order valence-electron chi connectivity index (χ0n) is 15.1. The van der Waals surface area contributed by atoms with Crippen molar-refractivity contribution in [3.05, 3.63) is 60.2 Å². The predicted octanol–water partition coefficient (Wildman–Crippen LogP) is 3.78. The Hall–Kier alpha value is -2.73. The minimum absolute atomic E-state index is 0.217. The molecule has 0 unspecified atom stereocenters. The van der Waals surface area contributed by atoms with Gasteiger partial charge in [0, 0.05) is 23.3 Å². The Bertz CT molecular complexity index is 832. The van der Waals surface area contributed by atoms with Gasteiger partial charge < -0.3 is 14.4 Å². The van der Waals surface area contributed by atoms with Gasteiger partial charge in [-0.3, -0.25) is 4.79 Å². The Morgan fingerprint density at radius 1 is 1.15 bits per heavy atom. The third-order valence-corrected chi connectivity index (χ3v) is 5.01.